The van der Waals surface area contributed by atoms with Gasteiger partial charge in [0.05, 0.1) is 0 Å². The van der Waals surface area contributed by atoms with Crippen LogP contribution in [0.4, 0.5) is 0 Å². The number of ether oxygens (including phenoxy) is 3. The van der Waals surface area contributed by atoms with Crippen LogP contribution in [0.3, 0.4) is 0 Å². The lowest BCUT2D eigenvalue weighted by atomic mass is 10.0. The summed E-state index contributed by atoms with van der Waals surface area (Å²) in [6.07, 6.45) is 93.1. The van der Waals surface area contributed by atoms with Gasteiger partial charge in [0.1, 0.15) is 13.2 Å². The maximum atomic E-state index is 13.0. The van der Waals surface area contributed by atoms with Gasteiger partial charge in [-0.2, -0.15) is 0 Å². The first-order valence-corrected chi connectivity index (χ1v) is 35.6. The molecule has 0 spiro atoms. The number of hydrogen-bond acceptors (Lipinski definition) is 6. The molecule has 0 fully saturated rings. The second kappa shape index (κ2) is 70.1. The molecule has 0 aromatic carbocycles. The second-order valence-electron chi connectivity index (χ2n) is 23.8. The molecule has 0 aliphatic rings. The Hall–Kier alpha value is -3.41. The van der Waals surface area contributed by atoms with E-state index in [9.17, 15) is 14.4 Å². The zero-order valence-corrected chi connectivity index (χ0v) is 54.5. The van der Waals surface area contributed by atoms with Crippen molar-refractivity contribution in [2.45, 2.75) is 367 Å². The monoisotopic (exact) mass is 1140 g/mol. The number of esters is 3. The number of unbranched alkanes of at least 4 members (excludes halogenated alkanes) is 40. The molecule has 82 heavy (non-hydrogen) atoms. The van der Waals surface area contributed by atoms with Crippen molar-refractivity contribution in [3.8, 4) is 0 Å². The lowest BCUT2D eigenvalue weighted by Gasteiger charge is -2.18. The summed E-state index contributed by atoms with van der Waals surface area (Å²) < 4.78 is 17.0. The van der Waals surface area contributed by atoms with Gasteiger partial charge in [-0.25, -0.2) is 0 Å². The minimum absolute atomic E-state index is 0.0790. The predicted octanol–water partition coefficient (Wildman–Crippen LogP) is 24.6. The Morgan fingerprint density at radius 1 is 0.256 bits per heavy atom. The lowest BCUT2D eigenvalue weighted by molar-refractivity contribution is -0.167. The average Bonchev–Trinajstić information content (AvgIpc) is 3.47. The van der Waals surface area contributed by atoms with Crippen LogP contribution >= 0.6 is 0 Å². The van der Waals surface area contributed by atoms with Crippen molar-refractivity contribution < 1.29 is 28.6 Å². The first-order chi connectivity index (χ1) is 40.5. The van der Waals surface area contributed by atoms with Crippen LogP contribution < -0.4 is 0 Å². The van der Waals surface area contributed by atoms with E-state index >= 15 is 0 Å². The van der Waals surface area contributed by atoms with Crippen LogP contribution in [0.15, 0.2) is 85.1 Å². The van der Waals surface area contributed by atoms with Crippen molar-refractivity contribution in [3.63, 3.8) is 0 Å². The molecule has 0 bridgehead atoms. The van der Waals surface area contributed by atoms with Gasteiger partial charge in [-0.15, -0.1) is 0 Å². The summed E-state index contributed by atoms with van der Waals surface area (Å²) in [5.74, 6) is -0.874. The summed E-state index contributed by atoms with van der Waals surface area (Å²) in [5.41, 5.74) is 0. The number of hydrogen-bond donors (Lipinski definition) is 0. The minimum Gasteiger partial charge on any atom is -0.462 e. The molecule has 0 aliphatic heterocycles. The number of rotatable bonds is 65. The van der Waals surface area contributed by atoms with Crippen molar-refractivity contribution in [1.82, 2.24) is 0 Å². The molecule has 0 saturated heterocycles. The summed E-state index contributed by atoms with van der Waals surface area (Å²) in [6, 6.07) is 0. The first-order valence-electron chi connectivity index (χ1n) is 35.6. The molecule has 0 rings (SSSR count). The van der Waals surface area contributed by atoms with Gasteiger partial charge in [-0.05, 0) is 96.3 Å². The van der Waals surface area contributed by atoms with E-state index < -0.39 is 6.10 Å². The summed E-state index contributed by atoms with van der Waals surface area (Å²) in [7, 11) is 0. The fraction of sp³-hybridized carbons (Fsp3) is 0.776. The SMILES string of the molecule is CC/C=C\C/C=C\C/C=C\C/C=C\CCCCCCCCCCC(=O)OC(COC(=O)CCCCCCCCCC/C=C\C/C=C\C/C=C\CCCCCCC)COC(=O)CCCCCCCCCCCCCCCCCCCCCC. The summed E-state index contributed by atoms with van der Waals surface area (Å²) in [4.78, 5) is 38.5. The Labute approximate surface area is 509 Å². The molecule has 0 aromatic heterocycles. The zero-order valence-electron chi connectivity index (χ0n) is 54.5. The quantitative estimate of drug-likeness (QED) is 0.0261. The molecule has 0 radical (unpaired) electrons. The van der Waals surface area contributed by atoms with Crippen LogP contribution in [0.5, 0.6) is 0 Å². The second-order valence-corrected chi connectivity index (χ2v) is 23.8. The molecule has 474 valence electrons. The van der Waals surface area contributed by atoms with E-state index in [0.717, 1.165) is 109 Å². The van der Waals surface area contributed by atoms with Gasteiger partial charge in [0.25, 0.3) is 0 Å². The van der Waals surface area contributed by atoms with E-state index in [2.05, 4.69) is 106 Å². The van der Waals surface area contributed by atoms with Crippen LogP contribution in [-0.4, -0.2) is 37.2 Å². The predicted molar refractivity (Wildman–Crippen MR) is 358 cm³/mol. The zero-order chi connectivity index (χ0) is 59.2. The Morgan fingerprint density at radius 3 is 0.744 bits per heavy atom. The van der Waals surface area contributed by atoms with E-state index in [4.69, 9.17) is 14.2 Å². The van der Waals surface area contributed by atoms with Crippen molar-refractivity contribution in [2.75, 3.05) is 13.2 Å². The fourth-order valence-electron chi connectivity index (χ4n) is 10.3. The third-order valence-electron chi connectivity index (χ3n) is 15.6. The molecule has 1 atom stereocenters. The van der Waals surface area contributed by atoms with E-state index in [1.807, 2.05) is 0 Å². The molecular weight excluding hydrogens is 1010 g/mol. The number of allylic oxidation sites excluding steroid dienone is 14. The highest BCUT2D eigenvalue weighted by Gasteiger charge is 2.19. The van der Waals surface area contributed by atoms with Crippen molar-refractivity contribution >= 4 is 17.9 Å². The maximum Gasteiger partial charge on any atom is 0.306 e. The maximum absolute atomic E-state index is 13.0. The topological polar surface area (TPSA) is 78.9 Å². The minimum atomic E-state index is -0.786. The summed E-state index contributed by atoms with van der Waals surface area (Å²) in [6.45, 7) is 6.56. The van der Waals surface area contributed by atoms with Gasteiger partial charge in [0.15, 0.2) is 6.10 Å². The fourth-order valence-corrected chi connectivity index (χ4v) is 10.3. The molecule has 0 N–H and O–H groups in total. The highest BCUT2D eigenvalue weighted by Crippen LogP contribution is 2.18. The molecule has 6 heteroatoms. The van der Waals surface area contributed by atoms with E-state index in [-0.39, 0.29) is 31.1 Å². The van der Waals surface area contributed by atoms with Crippen molar-refractivity contribution in [3.05, 3.63) is 85.1 Å². The summed E-state index contributed by atoms with van der Waals surface area (Å²) >= 11 is 0. The molecule has 0 saturated carbocycles. The molecule has 1 unspecified atom stereocenters. The van der Waals surface area contributed by atoms with Crippen molar-refractivity contribution in [1.29, 1.82) is 0 Å². The average molecular weight is 1140 g/mol. The highest BCUT2D eigenvalue weighted by atomic mass is 16.6. The Kier molecular flexibility index (Phi) is 67.2. The summed E-state index contributed by atoms with van der Waals surface area (Å²) in [5, 5.41) is 0. The Morgan fingerprint density at radius 2 is 0.476 bits per heavy atom. The third kappa shape index (κ3) is 67.4. The van der Waals surface area contributed by atoms with Crippen LogP contribution in [0.2, 0.25) is 0 Å². The molecule has 0 aliphatic carbocycles. The number of carbonyl (C=O) groups is 3. The Bertz CT molecular complexity index is 1550. The molecule has 6 nitrogen and oxygen atoms in total. The van der Waals surface area contributed by atoms with Crippen LogP contribution in [-0.2, 0) is 28.6 Å². The molecule has 0 amide bonds. The smallest absolute Gasteiger partial charge is 0.306 e. The van der Waals surface area contributed by atoms with Gasteiger partial charge in [0, 0.05) is 19.3 Å². The highest BCUT2D eigenvalue weighted by molar-refractivity contribution is 5.71. The molecule has 0 heterocycles. The van der Waals surface area contributed by atoms with Gasteiger partial charge >= 0.3 is 17.9 Å². The third-order valence-corrected chi connectivity index (χ3v) is 15.6. The van der Waals surface area contributed by atoms with Crippen LogP contribution in [0, 0.1) is 0 Å². The van der Waals surface area contributed by atoms with Gasteiger partial charge in [0.2, 0.25) is 0 Å². The largest absolute Gasteiger partial charge is 0.462 e. The van der Waals surface area contributed by atoms with E-state index in [0.29, 0.717) is 19.3 Å². The normalized spacial score (nSPS) is 12.6. The Balaban J connectivity index is 4.39. The van der Waals surface area contributed by atoms with Gasteiger partial charge in [-0.1, -0.05) is 331 Å². The number of carbonyl (C=O) groups excluding carboxylic acids is 3. The molecular formula is C76H134O6. The molecule has 0 aromatic rings. The van der Waals surface area contributed by atoms with Crippen LogP contribution in [0.25, 0.3) is 0 Å². The first kappa shape index (κ1) is 78.6. The lowest BCUT2D eigenvalue weighted by Crippen LogP contribution is -2.30. The van der Waals surface area contributed by atoms with E-state index in [1.54, 1.807) is 0 Å². The standard InChI is InChI=1S/C76H134O6/c1-4-7-10-13-16-19-22-25-28-31-34-37-38-40-42-45-48-51-54-57-60-63-66-69-75(78)81-72-73(71-80-74(77)68-65-62-59-56-53-50-47-44-41-36-33-30-27-24-21-18-15-12-9-6-3)82-76(79)70-67-64-61-58-55-52-49-46-43-39-35-32-29-26-23-20-17-14-11-8-5-2/h8,11,17,20,22,25-26,29,31,34-35,38-40,73H,4-7,9-10,12-16,18-19,21,23-24,27-28,30,32-33,36-37,41-72H2,1-3H3/b11-8-,20-17-,25-22-,29-26-,34-31-,39-35-,40-38-. The van der Waals surface area contributed by atoms with Gasteiger partial charge < -0.3 is 14.2 Å². The van der Waals surface area contributed by atoms with Gasteiger partial charge in [-0.3, -0.25) is 14.4 Å². The van der Waals surface area contributed by atoms with E-state index in [1.165, 1.54) is 212 Å². The van der Waals surface area contributed by atoms with Crippen molar-refractivity contribution in [2.24, 2.45) is 0 Å². The van der Waals surface area contributed by atoms with Crippen LogP contribution in [0.1, 0.15) is 361 Å².